The van der Waals surface area contributed by atoms with Crippen LogP contribution in [-0.4, -0.2) is 55.5 Å². The predicted octanol–water partition coefficient (Wildman–Crippen LogP) is 0.441. The minimum absolute atomic E-state index is 0.120. The molecule has 0 spiro atoms. The number of carboxylic acids is 1. The average Bonchev–Trinajstić information content (AvgIpc) is 2.98. The second-order valence-electron chi connectivity index (χ2n) is 4.20. The number of carbonyl (C=O) groups excluding carboxylic acids is 1. The van der Waals surface area contributed by atoms with Crippen LogP contribution in [0, 0.1) is 0 Å². The van der Waals surface area contributed by atoms with E-state index in [1.165, 1.54) is 16.7 Å². The van der Waals surface area contributed by atoms with E-state index in [0.29, 0.717) is 18.8 Å². The largest absolute Gasteiger partial charge is 0.480 e. The molecule has 0 aliphatic carbocycles. The molecule has 0 saturated carbocycles. The van der Waals surface area contributed by atoms with Gasteiger partial charge in [0.15, 0.2) is 0 Å². The fraction of sp³-hybridized carbons (Fsp3) is 0.545. The maximum absolute atomic E-state index is 12.0. The first-order valence-electron chi connectivity index (χ1n) is 5.97. The molecule has 2 unspecified atom stereocenters. The summed E-state index contributed by atoms with van der Waals surface area (Å²) in [7, 11) is 0. The third-order valence-electron chi connectivity index (χ3n) is 2.92. The number of carbonyl (C=O) groups is 2. The number of aromatic nitrogens is 2. The van der Waals surface area contributed by atoms with Crippen molar-refractivity contribution in [3.8, 4) is 0 Å². The quantitative estimate of drug-likeness (QED) is 0.837. The molecule has 7 nitrogen and oxygen atoms in total. The van der Waals surface area contributed by atoms with Crippen molar-refractivity contribution in [2.24, 2.45) is 0 Å². The van der Waals surface area contributed by atoms with E-state index in [-0.39, 0.29) is 11.4 Å². The fourth-order valence-corrected chi connectivity index (χ4v) is 3.11. The van der Waals surface area contributed by atoms with E-state index in [2.05, 4.69) is 10.4 Å². The zero-order valence-electron chi connectivity index (χ0n) is 10.5. The lowest BCUT2D eigenvalue weighted by molar-refractivity contribution is -0.141. The van der Waals surface area contributed by atoms with Gasteiger partial charge in [-0.1, -0.05) is 0 Å². The first kappa shape index (κ1) is 13.7. The number of carboxylic acid groups (broad SMARTS) is 1. The predicted molar refractivity (Wildman–Crippen MR) is 70.8 cm³/mol. The molecule has 2 rings (SSSR count). The Labute approximate surface area is 115 Å². The van der Waals surface area contributed by atoms with Crippen molar-refractivity contribution in [3.05, 3.63) is 18.5 Å². The molecule has 0 aromatic carbocycles. The van der Waals surface area contributed by atoms with Crippen molar-refractivity contribution in [1.82, 2.24) is 20.0 Å². The number of hydrogen-bond acceptors (Lipinski definition) is 4. The fourth-order valence-electron chi connectivity index (χ4n) is 1.94. The molecular weight excluding hydrogens is 268 g/mol. The van der Waals surface area contributed by atoms with E-state index in [1.807, 2.05) is 13.0 Å². The second-order valence-corrected chi connectivity index (χ2v) is 5.54. The lowest BCUT2D eigenvalue weighted by atomic mass is 10.3. The highest BCUT2D eigenvalue weighted by Gasteiger charge is 2.39. The van der Waals surface area contributed by atoms with Crippen LogP contribution in [0.3, 0.4) is 0 Å². The maximum Gasteiger partial charge on any atom is 0.327 e. The number of nitrogens with one attached hydrogen (secondary N) is 1. The van der Waals surface area contributed by atoms with E-state index in [0.717, 1.165) is 0 Å². The third-order valence-corrected chi connectivity index (χ3v) is 4.14. The lowest BCUT2D eigenvalue weighted by Crippen LogP contribution is -2.50. The van der Waals surface area contributed by atoms with Crippen molar-refractivity contribution in [2.45, 2.75) is 24.9 Å². The van der Waals surface area contributed by atoms with Crippen molar-refractivity contribution in [1.29, 1.82) is 0 Å². The molecule has 1 saturated heterocycles. The van der Waals surface area contributed by atoms with Crippen LogP contribution in [0.4, 0.5) is 4.79 Å². The Kier molecular flexibility index (Phi) is 4.31. The summed E-state index contributed by atoms with van der Waals surface area (Å²) in [6.45, 7) is 2.81. The highest BCUT2D eigenvalue weighted by molar-refractivity contribution is 8.00. The highest BCUT2D eigenvalue weighted by atomic mass is 32.2. The third kappa shape index (κ3) is 3.19. The van der Waals surface area contributed by atoms with E-state index < -0.39 is 12.0 Å². The van der Waals surface area contributed by atoms with Crippen LogP contribution < -0.4 is 5.32 Å². The van der Waals surface area contributed by atoms with Gasteiger partial charge in [-0.3, -0.25) is 9.58 Å². The van der Waals surface area contributed by atoms with Gasteiger partial charge in [0.05, 0.1) is 11.9 Å². The summed E-state index contributed by atoms with van der Waals surface area (Å²) in [5, 5.41) is 15.7. The van der Waals surface area contributed by atoms with Gasteiger partial charge in [-0.05, 0) is 13.0 Å². The van der Waals surface area contributed by atoms with E-state index in [9.17, 15) is 9.59 Å². The van der Waals surface area contributed by atoms with E-state index in [1.54, 1.807) is 17.1 Å². The van der Waals surface area contributed by atoms with Crippen LogP contribution >= 0.6 is 11.8 Å². The van der Waals surface area contributed by atoms with Gasteiger partial charge in [-0.25, -0.2) is 9.59 Å². The SMILES string of the molecule is CC1SCC(C(=O)O)N1C(=O)NCCn1cccn1. The Morgan fingerprint density at radius 3 is 3.00 bits per heavy atom. The Morgan fingerprint density at radius 2 is 2.37 bits per heavy atom. The van der Waals surface area contributed by atoms with Crippen LogP contribution in [0.2, 0.25) is 0 Å². The average molecular weight is 284 g/mol. The van der Waals surface area contributed by atoms with Crippen LogP contribution in [0.15, 0.2) is 18.5 Å². The van der Waals surface area contributed by atoms with Crippen LogP contribution in [0.1, 0.15) is 6.92 Å². The number of aliphatic carboxylic acids is 1. The summed E-state index contributed by atoms with van der Waals surface area (Å²) in [5.74, 6) is -0.526. The molecule has 1 fully saturated rings. The molecule has 1 aliphatic rings. The van der Waals surface area contributed by atoms with Gasteiger partial charge in [0.25, 0.3) is 0 Å². The minimum Gasteiger partial charge on any atom is -0.480 e. The van der Waals surface area contributed by atoms with Crippen molar-refractivity contribution >= 4 is 23.8 Å². The molecule has 2 heterocycles. The summed E-state index contributed by atoms with van der Waals surface area (Å²) in [5.41, 5.74) is 0. The van der Waals surface area contributed by atoms with Crippen LogP contribution in [-0.2, 0) is 11.3 Å². The number of nitrogens with zero attached hydrogens (tertiary/aromatic N) is 3. The van der Waals surface area contributed by atoms with Crippen LogP contribution in [0.5, 0.6) is 0 Å². The van der Waals surface area contributed by atoms with Gasteiger partial charge >= 0.3 is 12.0 Å². The number of amides is 2. The summed E-state index contributed by atoms with van der Waals surface area (Å²) in [4.78, 5) is 24.5. The zero-order chi connectivity index (χ0) is 13.8. The molecule has 2 atom stereocenters. The number of urea groups is 1. The molecule has 1 aromatic rings. The van der Waals surface area contributed by atoms with E-state index >= 15 is 0 Å². The van der Waals surface area contributed by atoms with Gasteiger partial charge < -0.3 is 10.4 Å². The van der Waals surface area contributed by atoms with Crippen LogP contribution in [0.25, 0.3) is 0 Å². The van der Waals surface area contributed by atoms with Crippen molar-refractivity contribution < 1.29 is 14.7 Å². The summed E-state index contributed by atoms with van der Waals surface area (Å²) >= 11 is 1.47. The Morgan fingerprint density at radius 1 is 1.58 bits per heavy atom. The number of hydrogen-bond donors (Lipinski definition) is 2. The topological polar surface area (TPSA) is 87.5 Å². The molecule has 0 radical (unpaired) electrons. The zero-order valence-corrected chi connectivity index (χ0v) is 11.3. The van der Waals surface area contributed by atoms with Crippen molar-refractivity contribution in [3.63, 3.8) is 0 Å². The molecular formula is C11H16N4O3S. The molecule has 2 amide bonds. The molecule has 19 heavy (non-hydrogen) atoms. The van der Waals surface area contributed by atoms with Gasteiger partial charge in [0, 0.05) is 24.7 Å². The van der Waals surface area contributed by atoms with Gasteiger partial charge in [0.1, 0.15) is 6.04 Å². The first-order chi connectivity index (χ1) is 9.09. The minimum atomic E-state index is -0.959. The second kappa shape index (κ2) is 5.96. The highest BCUT2D eigenvalue weighted by Crippen LogP contribution is 2.28. The van der Waals surface area contributed by atoms with Gasteiger partial charge in [-0.15, -0.1) is 11.8 Å². The molecule has 2 N–H and O–H groups in total. The maximum atomic E-state index is 12.0. The molecule has 0 bridgehead atoms. The van der Waals surface area contributed by atoms with E-state index in [4.69, 9.17) is 5.11 Å². The lowest BCUT2D eigenvalue weighted by Gasteiger charge is -2.25. The standard InChI is InChI=1S/C11H16N4O3S/c1-8-15(9(7-19-8)10(16)17)11(18)12-4-6-14-5-2-3-13-14/h2-3,5,8-9H,4,6-7H2,1H3,(H,12,18)(H,16,17). The summed E-state index contributed by atoms with van der Waals surface area (Å²) in [6.07, 6.45) is 3.47. The van der Waals surface area contributed by atoms with Gasteiger partial charge in [0.2, 0.25) is 0 Å². The summed E-state index contributed by atoms with van der Waals surface area (Å²) in [6, 6.07) is 0.725. The molecule has 104 valence electrons. The van der Waals surface area contributed by atoms with Gasteiger partial charge in [-0.2, -0.15) is 5.10 Å². The smallest absolute Gasteiger partial charge is 0.327 e. The number of rotatable bonds is 4. The first-order valence-corrected chi connectivity index (χ1v) is 7.02. The van der Waals surface area contributed by atoms with Crippen molar-refractivity contribution in [2.75, 3.05) is 12.3 Å². The summed E-state index contributed by atoms with van der Waals surface area (Å²) < 4.78 is 1.71. The Balaban J connectivity index is 1.86. The molecule has 1 aromatic heterocycles. The Bertz CT molecular complexity index is 451. The Hall–Kier alpha value is -1.70. The normalized spacial score (nSPS) is 22.5. The molecule has 8 heteroatoms. The molecule has 1 aliphatic heterocycles. The monoisotopic (exact) mass is 284 g/mol. The number of thioether (sulfide) groups is 1.